The summed E-state index contributed by atoms with van der Waals surface area (Å²) in [5.74, 6) is -3.11. The second-order valence-electron chi connectivity index (χ2n) is 7.53. The van der Waals surface area contributed by atoms with Crippen LogP contribution < -0.4 is 10.6 Å². The summed E-state index contributed by atoms with van der Waals surface area (Å²) in [5, 5.41) is 9.73. The van der Waals surface area contributed by atoms with E-state index in [0.717, 1.165) is 0 Å². The van der Waals surface area contributed by atoms with Gasteiger partial charge in [0.1, 0.15) is 6.07 Å². The summed E-state index contributed by atoms with van der Waals surface area (Å²) in [4.78, 5) is 40.6. The molecule has 3 aliphatic heterocycles. The molecule has 2 amide bonds. The molecule has 1 fully saturated rings. The Kier molecular flexibility index (Phi) is 3.83. The normalized spacial score (nSPS) is 25.8. The van der Waals surface area contributed by atoms with Gasteiger partial charge < -0.3 is 15.0 Å². The monoisotopic (exact) mass is 402 g/mol. The number of carbonyl (C=O) groups excluding carboxylic acids is 3. The van der Waals surface area contributed by atoms with E-state index in [1.807, 2.05) is 18.2 Å². The second-order valence-corrected chi connectivity index (χ2v) is 7.53. The Bertz CT molecular complexity index is 1170. The Labute approximate surface area is 172 Å². The van der Waals surface area contributed by atoms with Gasteiger partial charge in [0, 0.05) is 11.6 Å². The van der Waals surface area contributed by atoms with E-state index in [1.165, 1.54) is 4.90 Å². The minimum absolute atomic E-state index is 0.0319. The lowest BCUT2D eigenvalue weighted by atomic mass is 9.69. The number of anilines is 2. The molecule has 2 bridgehead atoms. The van der Waals surface area contributed by atoms with Crippen molar-refractivity contribution in [2.45, 2.75) is 18.9 Å². The average molecular weight is 402 g/mol. The Morgan fingerprint density at radius 1 is 1.17 bits per heavy atom. The number of para-hydroxylation sites is 1. The maximum atomic E-state index is 13.4. The van der Waals surface area contributed by atoms with Crippen LogP contribution in [0.4, 0.5) is 11.4 Å². The van der Waals surface area contributed by atoms with E-state index in [0.29, 0.717) is 11.4 Å². The molecule has 4 atom stereocenters. The molecule has 1 saturated heterocycles. The molecular weight excluding hydrogens is 384 g/mol. The maximum Gasteiger partial charge on any atom is 0.357 e. The number of hydrogen-bond acceptors (Lipinski definition) is 6. The summed E-state index contributed by atoms with van der Waals surface area (Å²) >= 11 is 0. The van der Waals surface area contributed by atoms with Crippen molar-refractivity contribution in [1.82, 2.24) is 4.57 Å². The molecule has 0 radical (unpaired) electrons. The van der Waals surface area contributed by atoms with Gasteiger partial charge in [-0.3, -0.25) is 9.59 Å². The minimum atomic E-state index is -0.674. The van der Waals surface area contributed by atoms with Gasteiger partial charge >= 0.3 is 5.97 Å². The van der Waals surface area contributed by atoms with E-state index in [2.05, 4.69) is 6.07 Å². The van der Waals surface area contributed by atoms with Gasteiger partial charge in [-0.25, -0.2) is 9.69 Å². The van der Waals surface area contributed by atoms with E-state index in [9.17, 15) is 19.6 Å². The molecule has 1 aliphatic carbocycles. The number of nitrogen functional groups attached to an aromatic ring is 1. The molecule has 1 aromatic carbocycles. The molecule has 8 heteroatoms. The van der Waals surface area contributed by atoms with Gasteiger partial charge in [-0.2, -0.15) is 5.26 Å². The number of hydrogen-bond donors (Lipinski definition) is 1. The van der Waals surface area contributed by atoms with Gasteiger partial charge in [0.2, 0.25) is 11.8 Å². The SMILES string of the molecule is CCOC(=O)c1c(N)c(C#N)c2n1[C@H]1C=C[C@H]2[C@@H]2C(=O)N(c3ccccc3)C(=O)[C@@H]21. The van der Waals surface area contributed by atoms with Crippen LogP contribution in [-0.4, -0.2) is 29.0 Å². The van der Waals surface area contributed by atoms with Crippen molar-refractivity contribution in [3.05, 3.63) is 59.4 Å². The molecule has 0 saturated carbocycles. The van der Waals surface area contributed by atoms with Crippen molar-refractivity contribution in [2.24, 2.45) is 11.8 Å². The van der Waals surface area contributed by atoms with Gasteiger partial charge in [0.25, 0.3) is 0 Å². The number of benzene rings is 1. The smallest absolute Gasteiger partial charge is 0.357 e. The number of ether oxygens (including phenoxy) is 1. The number of amides is 2. The zero-order valence-corrected chi connectivity index (χ0v) is 16.1. The lowest BCUT2D eigenvalue weighted by Crippen LogP contribution is -2.42. The summed E-state index contributed by atoms with van der Waals surface area (Å²) < 4.78 is 6.79. The lowest BCUT2D eigenvalue weighted by molar-refractivity contribution is -0.122. The minimum Gasteiger partial charge on any atom is -0.461 e. The highest BCUT2D eigenvalue weighted by Crippen LogP contribution is 2.56. The fraction of sp³-hybridized carbons (Fsp3) is 0.273. The van der Waals surface area contributed by atoms with Crippen LogP contribution in [0.25, 0.3) is 0 Å². The first-order chi connectivity index (χ1) is 14.5. The summed E-state index contributed by atoms with van der Waals surface area (Å²) in [7, 11) is 0. The quantitative estimate of drug-likeness (QED) is 0.477. The Balaban J connectivity index is 1.69. The number of rotatable bonds is 3. The van der Waals surface area contributed by atoms with Gasteiger partial charge in [0.05, 0.1) is 41.4 Å². The van der Waals surface area contributed by atoms with E-state index >= 15 is 0 Å². The van der Waals surface area contributed by atoms with E-state index in [4.69, 9.17) is 10.5 Å². The van der Waals surface area contributed by atoms with Crippen LogP contribution in [0.3, 0.4) is 0 Å². The Morgan fingerprint density at radius 2 is 1.87 bits per heavy atom. The third-order valence-corrected chi connectivity index (χ3v) is 6.16. The summed E-state index contributed by atoms with van der Waals surface area (Å²) in [6, 6.07) is 10.3. The van der Waals surface area contributed by atoms with Crippen LogP contribution in [0.2, 0.25) is 0 Å². The van der Waals surface area contributed by atoms with Gasteiger partial charge in [0.15, 0.2) is 5.69 Å². The lowest BCUT2D eigenvalue weighted by Gasteiger charge is -2.41. The Hall–Kier alpha value is -3.86. The number of nitriles is 1. The zero-order valence-electron chi connectivity index (χ0n) is 16.1. The molecule has 4 aliphatic rings. The topological polar surface area (TPSA) is 118 Å². The summed E-state index contributed by atoms with van der Waals surface area (Å²) in [6.45, 7) is 1.83. The molecule has 6 rings (SSSR count). The fourth-order valence-electron chi connectivity index (χ4n) is 5.05. The first-order valence-corrected chi connectivity index (χ1v) is 9.73. The molecule has 0 spiro atoms. The average Bonchev–Trinajstić information content (AvgIpc) is 3.21. The van der Waals surface area contributed by atoms with Crippen molar-refractivity contribution in [3.8, 4) is 6.07 Å². The molecule has 0 unspecified atom stereocenters. The molecular formula is C22H18N4O4. The summed E-state index contributed by atoms with van der Waals surface area (Å²) in [6.07, 6.45) is 3.66. The van der Waals surface area contributed by atoms with Gasteiger partial charge in [-0.15, -0.1) is 0 Å². The number of imide groups is 1. The van der Waals surface area contributed by atoms with Crippen LogP contribution in [0.1, 0.15) is 40.6 Å². The zero-order chi connectivity index (χ0) is 21.2. The number of nitrogens with two attached hydrogens (primary N) is 1. The first-order valence-electron chi connectivity index (χ1n) is 9.73. The number of nitrogens with zero attached hydrogens (tertiary/aromatic N) is 3. The van der Waals surface area contributed by atoms with Crippen LogP contribution in [0.5, 0.6) is 0 Å². The number of carbonyl (C=O) groups is 3. The van der Waals surface area contributed by atoms with E-state index in [1.54, 1.807) is 35.8 Å². The number of aromatic nitrogens is 1. The highest BCUT2D eigenvalue weighted by atomic mass is 16.5. The van der Waals surface area contributed by atoms with Crippen molar-refractivity contribution >= 4 is 29.2 Å². The van der Waals surface area contributed by atoms with Crippen molar-refractivity contribution in [1.29, 1.82) is 5.26 Å². The third-order valence-electron chi connectivity index (χ3n) is 6.16. The molecule has 150 valence electrons. The van der Waals surface area contributed by atoms with Gasteiger partial charge in [-0.05, 0) is 19.1 Å². The van der Waals surface area contributed by atoms with Crippen molar-refractivity contribution < 1.29 is 19.1 Å². The van der Waals surface area contributed by atoms with Crippen molar-refractivity contribution in [3.63, 3.8) is 0 Å². The largest absolute Gasteiger partial charge is 0.461 e. The van der Waals surface area contributed by atoms with Crippen LogP contribution in [0, 0.1) is 23.2 Å². The van der Waals surface area contributed by atoms with E-state index < -0.39 is 29.8 Å². The number of allylic oxidation sites excluding steroid dienone is 2. The molecule has 4 heterocycles. The molecule has 2 aromatic rings. The van der Waals surface area contributed by atoms with E-state index in [-0.39, 0.29) is 35.4 Å². The van der Waals surface area contributed by atoms with Crippen LogP contribution >= 0.6 is 0 Å². The van der Waals surface area contributed by atoms with Crippen LogP contribution in [0.15, 0.2) is 42.5 Å². The molecule has 30 heavy (non-hydrogen) atoms. The second kappa shape index (κ2) is 6.32. The van der Waals surface area contributed by atoms with Crippen LogP contribution in [-0.2, 0) is 14.3 Å². The Morgan fingerprint density at radius 3 is 2.53 bits per heavy atom. The predicted octanol–water partition coefficient (Wildman–Crippen LogP) is 2.13. The standard InChI is InChI=1S/C22H18N4O4/c1-2-30-22(29)19-17(24)13(10-23)18-12-8-9-14(26(18)19)16-15(12)20(27)25(21(16)28)11-6-4-3-5-7-11/h3-9,12,14-16H,2,24H2,1H3/t12-,14-,15-,16+/m0/s1. The third kappa shape index (κ3) is 2.12. The predicted molar refractivity (Wildman–Crippen MR) is 106 cm³/mol. The maximum absolute atomic E-state index is 13.4. The van der Waals surface area contributed by atoms with Gasteiger partial charge in [-0.1, -0.05) is 30.4 Å². The van der Waals surface area contributed by atoms with Crippen molar-refractivity contribution in [2.75, 3.05) is 17.2 Å². The highest BCUT2D eigenvalue weighted by Gasteiger charge is 2.60. The fourth-order valence-corrected chi connectivity index (χ4v) is 5.05. The molecule has 2 N–H and O–H groups in total. The molecule has 8 nitrogen and oxygen atoms in total. The molecule has 1 aromatic heterocycles. The summed E-state index contributed by atoms with van der Waals surface area (Å²) in [5.41, 5.74) is 7.44. The number of esters is 1. The first kappa shape index (κ1) is 18.2. The highest BCUT2D eigenvalue weighted by molar-refractivity contribution is 6.23.